The number of rotatable bonds is 7. The highest BCUT2D eigenvalue weighted by molar-refractivity contribution is 7.89. The topological polar surface area (TPSA) is 116 Å². The number of ether oxygens (including phenoxy) is 1. The predicted octanol–water partition coefficient (Wildman–Crippen LogP) is 0.972. The first-order valence-electron chi connectivity index (χ1n) is 8.88. The van der Waals surface area contributed by atoms with E-state index in [0.29, 0.717) is 24.8 Å². The smallest absolute Gasteiger partial charge is 0.309 e. The number of nitrogens with one attached hydrogen (secondary N) is 1. The van der Waals surface area contributed by atoms with Crippen LogP contribution in [0.2, 0.25) is 0 Å². The van der Waals surface area contributed by atoms with Crippen molar-refractivity contribution < 1.29 is 22.7 Å². The highest BCUT2D eigenvalue weighted by atomic mass is 32.2. The summed E-state index contributed by atoms with van der Waals surface area (Å²) in [5.41, 5.74) is 0.872. The Bertz CT molecular complexity index is 775. The Morgan fingerprint density at radius 1 is 1.15 bits per heavy atom. The lowest BCUT2D eigenvalue weighted by molar-refractivity contribution is -0.154. The molecule has 0 radical (unpaired) electrons. The molecule has 3 atom stereocenters. The summed E-state index contributed by atoms with van der Waals surface area (Å²) in [7, 11) is -3.70. The van der Waals surface area contributed by atoms with E-state index in [1.54, 1.807) is 12.1 Å². The molecule has 2 saturated carbocycles. The Morgan fingerprint density at radius 3 is 2.46 bits per heavy atom. The molecular formula is C18H24N2O5S. The fraction of sp³-hybridized carbons (Fsp3) is 0.556. The Kier molecular flexibility index (Phi) is 5.62. The molecule has 8 heteroatoms. The highest BCUT2D eigenvalue weighted by Gasteiger charge is 2.43. The third-order valence-corrected chi connectivity index (χ3v) is 6.30. The summed E-state index contributed by atoms with van der Waals surface area (Å²) >= 11 is 0. The van der Waals surface area contributed by atoms with Gasteiger partial charge >= 0.3 is 5.97 Å². The largest absolute Gasteiger partial charge is 0.455 e. The summed E-state index contributed by atoms with van der Waals surface area (Å²) in [5.74, 6) is 0.496. The van der Waals surface area contributed by atoms with Gasteiger partial charge < -0.3 is 10.1 Å². The normalized spacial score (nSPS) is 24.4. The van der Waals surface area contributed by atoms with Gasteiger partial charge in [0.05, 0.1) is 10.8 Å². The van der Waals surface area contributed by atoms with Crippen molar-refractivity contribution in [3.8, 4) is 0 Å². The SMILES string of the molecule is NS(=O)(=O)c1ccc(CCNC(=O)COC(=O)[C@H]2C[C@H]3CC[C@H]2C3)cc1. The van der Waals surface area contributed by atoms with Crippen LogP contribution in [0.15, 0.2) is 29.2 Å². The monoisotopic (exact) mass is 380 g/mol. The molecule has 7 nitrogen and oxygen atoms in total. The second-order valence-corrected chi connectivity index (χ2v) is 8.74. The molecule has 0 heterocycles. The first-order chi connectivity index (χ1) is 12.3. The Hall–Kier alpha value is -1.93. The molecule has 2 aliphatic rings. The number of carbonyl (C=O) groups excluding carboxylic acids is 2. The number of primary sulfonamides is 1. The van der Waals surface area contributed by atoms with E-state index < -0.39 is 10.0 Å². The number of nitrogens with two attached hydrogens (primary N) is 1. The van der Waals surface area contributed by atoms with Crippen LogP contribution < -0.4 is 10.5 Å². The Balaban J connectivity index is 1.36. The minimum absolute atomic E-state index is 0.0288. The van der Waals surface area contributed by atoms with Crippen LogP contribution in [0.25, 0.3) is 0 Å². The molecule has 0 spiro atoms. The van der Waals surface area contributed by atoms with Gasteiger partial charge in [0.25, 0.3) is 5.91 Å². The molecular weight excluding hydrogens is 356 g/mol. The molecule has 3 N–H and O–H groups in total. The van der Waals surface area contributed by atoms with Crippen molar-refractivity contribution in [3.63, 3.8) is 0 Å². The number of fused-ring (bicyclic) bond motifs is 2. The Morgan fingerprint density at radius 2 is 1.88 bits per heavy atom. The van der Waals surface area contributed by atoms with Crippen molar-refractivity contribution in [1.82, 2.24) is 5.32 Å². The van der Waals surface area contributed by atoms with Crippen LogP contribution in [0, 0.1) is 17.8 Å². The second-order valence-electron chi connectivity index (χ2n) is 7.18. The lowest BCUT2D eigenvalue weighted by Gasteiger charge is -2.19. The fourth-order valence-corrected chi connectivity index (χ4v) is 4.54. The maximum Gasteiger partial charge on any atom is 0.309 e. The van der Waals surface area contributed by atoms with Gasteiger partial charge in [0.15, 0.2) is 6.61 Å². The summed E-state index contributed by atoms with van der Waals surface area (Å²) in [4.78, 5) is 24.0. The van der Waals surface area contributed by atoms with Gasteiger partial charge in [-0.25, -0.2) is 13.6 Å². The molecule has 142 valence electrons. The summed E-state index contributed by atoms with van der Waals surface area (Å²) in [6.07, 6.45) is 4.88. The van der Waals surface area contributed by atoms with E-state index in [-0.39, 0.29) is 29.3 Å². The number of benzene rings is 1. The molecule has 0 saturated heterocycles. The highest BCUT2D eigenvalue weighted by Crippen LogP contribution is 2.48. The van der Waals surface area contributed by atoms with Gasteiger partial charge in [-0.3, -0.25) is 9.59 Å². The van der Waals surface area contributed by atoms with Crippen LogP contribution in [-0.4, -0.2) is 33.4 Å². The lowest BCUT2D eigenvalue weighted by Crippen LogP contribution is -2.32. The molecule has 1 aromatic rings. The van der Waals surface area contributed by atoms with Crippen LogP contribution in [0.1, 0.15) is 31.2 Å². The van der Waals surface area contributed by atoms with Gasteiger partial charge in [-0.1, -0.05) is 18.6 Å². The molecule has 26 heavy (non-hydrogen) atoms. The molecule has 0 unspecified atom stereocenters. The number of esters is 1. The quantitative estimate of drug-likeness (QED) is 0.684. The van der Waals surface area contributed by atoms with E-state index in [4.69, 9.17) is 9.88 Å². The number of hydrogen-bond donors (Lipinski definition) is 2. The van der Waals surface area contributed by atoms with Gasteiger partial charge in [-0.15, -0.1) is 0 Å². The van der Waals surface area contributed by atoms with Gasteiger partial charge in [-0.05, 0) is 55.2 Å². The fourth-order valence-electron chi connectivity index (χ4n) is 4.02. The summed E-state index contributed by atoms with van der Waals surface area (Å²) in [6.45, 7) is 0.121. The van der Waals surface area contributed by atoms with Crippen LogP contribution in [0.3, 0.4) is 0 Å². The van der Waals surface area contributed by atoms with Gasteiger partial charge in [-0.2, -0.15) is 0 Å². The van der Waals surface area contributed by atoms with E-state index >= 15 is 0 Å². The van der Waals surface area contributed by atoms with Gasteiger partial charge in [0, 0.05) is 6.54 Å². The third-order valence-electron chi connectivity index (χ3n) is 5.37. The minimum atomic E-state index is -3.70. The molecule has 0 aromatic heterocycles. The Labute approximate surface area is 153 Å². The van der Waals surface area contributed by atoms with Crippen molar-refractivity contribution >= 4 is 21.9 Å². The molecule has 3 rings (SSSR count). The van der Waals surface area contributed by atoms with Crippen LogP contribution in [0.4, 0.5) is 0 Å². The standard InChI is InChI=1S/C18H24N2O5S/c19-26(23,24)15-5-2-12(3-6-15)7-8-20-17(21)11-25-18(22)16-10-13-1-4-14(16)9-13/h2-3,5-6,13-14,16H,1,4,7-11H2,(H,20,21)(H2,19,23,24)/t13-,14-,16-/m0/s1. The number of amides is 1. The van der Waals surface area contributed by atoms with Crippen LogP contribution in [-0.2, 0) is 30.8 Å². The molecule has 2 fully saturated rings. The lowest BCUT2D eigenvalue weighted by atomic mass is 9.89. The van der Waals surface area contributed by atoms with E-state index in [1.807, 2.05) is 0 Å². The maximum atomic E-state index is 12.1. The first kappa shape index (κ1) is 18.8. The molecule has 2 bridgehead atoms. The summed E-state index contributed by atoms with van der Waals surface area (Å²) in [5, 5.41) is 7.74. The van der Waals surface area contributed by atoms with E-state index in [1.165, 1.54) is 18.6 Å². The summed E-state index contributed by atoms with van der Waals surface area (Å²) in [6, 6.07) is 6.18. The van der Waals surface area contributed by atoms with Crippen molar-refractivity contribution in [2.75, 3.05) is 13.2 Å². The average Bonchev–Trinajstić information content (AvgIpc) is 3.22. The van der Waals surface area contributed by atoms with Gasteiger partial charge in [0.1, 0.15) is 0 Å². The van der Waals surface area contributed by atoms with E-state index in [9.17, 15) is 18.0 Å². The number of sulfonamides is 1. The first-order valence-corrected chi connectivity index (χ1v) is 10.4. The second kappa shape index (κ2) is 7.75. The number of carbonyl (C=O) groups is 2. The molecule has 1 amide bonds. The van der Waals surface area contributed by atoms with Crippen molar-refractivity contribution in [2.45, 2.75) is 37.0 Å². The maximum absolute atomic E-state index is 12.1. The summed E-state index contributed by atoms with van der Waals surface area (Å²) < 4.78 is 27.5. The third kappa shape index (κ3) is 4.62. The van der Waals surface area contributed by atoms with E-state index in [0.717, 1.165) is 24.8 Å². The zero-order valence-electron chi connectivity index (χ0n) is 14.5. The van der Waals surface area contributed by atoms with Gasteiger partial charge in [0.2, 0.25) is 10.0 Å². The van der Waals surface area contributed by atoms with Crippen LogP contribution in [0.5, 0.6) is 0 Å². The minimum Gasteiger partial charge on any atom is -0.455 e. The zero-order chi connectivity index (χ0) is 18.7. The number of hydrogen-bond acceptors (Lipinski definition) is 5. The molecule has 2 aliphatic carbocycles. The predicted molar refractivity (Wildman–Crippen MR) is 94.4 cm³/mol. The van der Waals surface area contributed by atoms with E-state index in [2.05, 4.69) is 5.32 Å². The van der Waals surface area contributed by atoms with Crippen LogP contribution >= 0.6 is 0 Å². The average molecular weight is 380 g/mol. The molecule has 1 aromatic carbocycles. The molecule has 0 aliphatic heterocycles. The zero-order valence-corrected chi connectivity index (χ0v) is 15.3. The van der Waals surface area contributed by atoms with Crippen molar-refractivity contribution in [2.24, 2.45) is 22.9 Å². The van der Waals surface area contributed by atoms with Crippen molar-refractivity contribution in [1.29, 1.82) is 0 Å². The van der Waals surface area contributed by atoms with Crippen molar-refractivity contribution in [3.05, 3.63) is 29.8 Å².